The molecule has 0 unspecified atom stereocenters. The molecule has 5 rings (SSSR count). The van der Waals surface area contributed by atoms with Crippen LogP contribution in [-0.2, 0) is 4.74 Å². The van der Waals surface area contributed by atoms with Crippen LogP contribution in [0.25, 0.3) is 10.9 Å². The van der Waals surface area contributed by atoms with E-state index >= 15 is 0 Å². The fourth-order valence-electron chi connectivity index (χ4n) is 6.35. The Kier molecular flexibility index (Phi) is 10.6. The number of ether oxygens (including phenoxy) is 3. The zero-order chi connectivity index (χ0) is 27.7. The number of rotatable bonds is 12. The van der Waals surface area contributed by atoms with Crippen molar-refractivity contribution in [2.24, 2.45) is 0 Å². The molecule has 1 aromatic heterocycles. The fraction of sp³-hybridized carbons (Fsp3) is 0.742. The van der Waals surface area contributed by atoms with Gasteiger partial charge in [0.2, 0.25) is 5.95 Å². The quantitative estimate of drug-likeness (QED) is 0.373. The van der Waals surface area contributed by atoms with E-state index < -0.39 is 0 Å². The van der Waals surface area contributed by atoms with Crippen molar-refractivity contribution >= 4 is 22.7 Å². The summed E-state index contributed by atoms with van der Waals surface area (Å²) in [7, 11) is 5.78. The highest BCUT2D eigenvalue weighted by molar-refractivity contribution is 5.93. The van der Waals surface area contributed by atoms with Gasteiger partial charge in [0.05, 0.1) is 25.8 Å². The van der Waals surface area contributed by atoms with Gasteiger partial charge in [-0.1, -0.05) is 19.3 Å². The van der Waals surface area contributed by atoms with Crippen LogP contribution in [0, 0.1) is 0 Å². The average molecular weight is 555 g/mol. The highest BCUT2D eigenvalue weighted by atomic mass is 16.5. The number of likely N-dealkylation sites (N-methyl/N-ethyl adjacent to an activating group) is 1. The maximum absolute atomic E-state index is 6.12. The number of hydrogen-bond acceptors (Lipinski definition) is 9. The number of nitrogens with zero attached hydrogens (tertiary/aromatic N) is 5. The lowest BCUT2D eigenvalue weighted by Crippen LogP contribution is -2.45. The molecule has 1 N–H and O–H groups in total. The average Bonchev–Trinajstić information content (AvgIpc) is 2.99. The van der Waals surface area contributed by atoms with Gasteiger partial charge in [-0.15, -0.1) is 0 Å². The summed E-state index contributed by atoms with van der Waals surface area (Å²) in [5, 5.41) is 4.84. The molecular formula is C31H50N6O3. The van der Waals surface area contributed by atoms with E-state index in [1.165, 1.54) is 64.5 Å². The van der Waals surface area contributed by atoms with Gasteiger partial charge in [-0.3, -0.25) is 0 Å². The second kappa shape index (κ2) is 14.5. The molecular weight excluding hydrogens is 504 g/mol. The second-order valence-electron chi connectivity index (χ2n) is 12.0. The summed E-state index contributed by atoms with van der Waals surface area (Å²) >= 11 is 0. The highest BCUT2D eigenvalue weighted by Gasteiger charge is 2.27. The third-order valence-corrected chi connectivity index (χ3v) is 8.74. The van der Waals surface area contributed by atoms with Crippen LogP contribution in [0.1, 0.15) is 64.2 Å². The molecule has 2 aliphatic heterocycles. The maximum Gasteiger partial charge on any atom is 0.227 e. The maximum atomic E-state index is 6.12. The molecule has 9 heteroatoms. The number of aromatic nitrogens is 2. The minimum Gasteiger partial charge on any atom is -0.493 e. The molecule has 40 heavy (non-hydrogen) atoms. The van der Waals surface area contributed by atoms with Gasteiger partial charge in [0, 0.05) is 56.3 Å². The first-order valence-electron chi connectivity index (χ1n) is 15.6. The standard InChI is InChI=1S/C31H50N6O3/c1-35(2)18-19-39-20-21-40-29-23-27-26(22-28(29)38-3)30(34-31(33-27)37-14-8-5-9-15-37)32-24-12-16-36(17-13-24)25-10-6-4-7-11-25/h22-25H,4-21H2,1-3H3,(H,32,33,34). The highest BCUT2D eigenvalue weighted by Crippen LogP contribution is 2.36. The van der Waals surface area contributed by atoms with Crippen molar-refractivity contribution in [3.63, 3.8) is 0 Å². The van der Waals surface area contributed by atoms with E-state index in [4.69, 9.17) is 24.2 Å². The summed E-state index contributed by atoms with van der Waals surface area (Å²) in [4.78, 5) is 17.3. The molecule has 1 saturated carbocycles. The molecule has 0 spiro atoms. The SMILES string of the molecule is COc1cc2c(NC3CCN(C4CCCCC4)CC3)nc(N3CCCCC3)nc2cc1OCCOCCN(C)C. The third-order valence-electron chi connectivity index (χ3n) is 8.74. The molecule has 1 aliphatic carbocycles. The van der Waals surface area contributed by atoms with Gasteiger partial charge in [0.25, 0.3) is 0 Å². The molecule has 3 aliphatic rings. The fourth-order valence-corrected chi connectivity index (χ4v) is 6.35. The predicted octanol–water partition coefficient (Wildman–Crippen LogP) is 4.79. The van der Waals surface area contributed by atoms with Crippen LogP contribution >= 0.6 is 0 Å². The smallest absolute Gasteiger partial charge is 0.227 e. The van der Waals surface area contributed by atoms with Gasteiger partial charge in [-0.25, -0.2) is 4.98 Å². The Bertz CT molecular complexity index is 1060. The van der Waals surface area contributed by atoms with Crippen molar-refractivity contribution in [1.29, 1.82) is 0 Å². The zero-order valence-electron chi connectivity index (χ0n) is 25.0. The monoisotopic (exact) mass is 554 g/mol. The summed E-state index contributed by atoms with van der Waals surface area (Å²) in [6.45, 7) is 6.93. The van der Waals surface area contributed by atoms with E-state index in [1.54, 1.807) is 7.11 Å². The number of anilines is 2. The zero-order valence-corrected chi connectivity index (χ0v) is 25.0. The number of fused-ring (bicyclic) bond motifs is 1. The molecule has 2 saturated heterocycles. The Morgan fingerprint density at radius 1 is 0.850 bits per heavy atom. The van der Waals surface area contributed by atoms with Gasteiger partial charge in [-0.2, -0.15) is 4.98 Å². The summed E-state index contributed by atoms with van der Waals surface area (Å²) < 4.78 is 17.6. The largest absolute Gasteiger partial charge is 0.493 e. The molecule has 222 valence electrons. The predicted molar refractivity (Wildman–Crippen MR) is 162 cm³/mol. The van der Waals surface area contributed by atoms with Crippen LogP contribution in [0.5, 0.6) is 11.5 Å². The molecule has 0 bridgehead atoms. The van der Waals surface area contributed by atoms with Crippen LogP contribution in [0.2, 0.25) is 0 Å². The van der Waals surface area contributed by atoms with Crippen LogP contribution in [0.4, 0.5) is 11.8 Å². The summed E-state index contributed by atoms with van der Waals surface area (Å²) in [5.74, 6) is 3.13. The minimum absolute atomic E-state index is 0.411. The number of likely N-dealkylation sites (tertiary alicyclic amines) is 1. The Morgan fingerprint density at radius 3 is 2.33 bits per heavy atom. The molecule has 9 nitrogen and oxygen atoms in total. The molecule has 2 aromatic rings. The van der Waals surface area contributed by atoms with Crippen LogP contribution in [0.15, 0.2) is 12.1 Å². The topological polar surface area (TPSA) is 75.2 Å². The summed E-state index contributed by atoms with van der Waals surface area (Å²) in [6.07, 6.45) is 12.9. The lowest BCUT2D eigenvalue weighted by molar-refractivity contribution is 0.0881. The van der Waals surface area contributed by atoms with E-state index in [1.807, 2.05) is 26.2 Å². The first-order chi connectivity index (χ1) is 19.6. The molecule has 0 radical (unpaired) electrons. The van der Waals surface area contributed by atoms with Crippen molar-refractivity contribution in [2.75, 3.05) is 84.0 Å². The number of methoxy groups -OCH3 is 1. The van der Waals surface area contributed by atoms with Crippen LogP contribution in [-0.4, -0.2) is 106 Å². The number of hydrogen-bond donors (Lipinski definition) is 1. The first kappa shape index (κ1) is 29.1. The van der Waals surface area contributed by atoms with Gasteiger partial charge in [0.1, 0.15) is 12.4 Å². The van der Waals surface area contributed by atoms with E-state index in [0.717, 1.165) is 61.2 Å². The van der Waals surface area contributed by atoms with Gasteiger partial charge >= 0.3 is 0 Å². The van der Waals surface area contributed by atoms with Crippen molar-refractivity contribution < 1.29 is 14.2 Å². The number of nitrogens with one attached hydrogen (secondary N) is 1. The lowest BCUT2D eigenvalue weighted by Gasteiger charge is -2.39. The van der Waals surface area contributed by atoms with Crippen LogP contribution < -0.4 is 19.7 Å². The van der Waals surface area contributed by atoms with Crippen molar-refractivity contribution in [2.45, 2.75) is 76.3 Å². The Morgan fingerprint density at radius 2 is 1.60 bits per heavy atom. The lowest BCUT2D eigenvalue weighted by atomic mass is 9.92. The third kappa shape index (κ3) is 7.68. The van der Waals surface area contributed by atoms with E-state index in [-0.39, 0.29) is 0 Å². The van der Waals surface area contributed by atoms with E-state index in [0.29, 0.717) is 37.4 Å². The summed E-state index contributed by atoms with van der Waals surface area (Å²) in [6, 6.07) is 5.26. The molecule has 1 aromatic carbocycles. The Hall–Kier alpha value is -2.36. The van der Waals surface area contributed by atoms with Gasteiger partial charge < -0.3 is 34.2 Å². The summed E-state index contributed by atoms with van der Waals surface area (Å²) in [5.41, 5.74) is 0.891. The normalized spacial score (nSPS) is 19.9. The first-order valence-corrected chi connectivity index (χ1v) is 15.6. The molecule has 3 heterocycles. The van der Waals surface area contributed by atoms with Gasteiger partial charge in [0.15, 0.2) is 11.5 Å². The molecule has 3 fully saturated rings. The second-order valence-corrected chi connectivity index (χ2v) is 12.0. The number of benzene rings is 1. The van der Waals surface area contributed by atoms with Crippen molar-refractivity contribution in [3.8, 4) is 11.5 Å². The van der Waals surface area contributed by atoms with Gasteiger partial charge in [-0.05, 0) is 65.1 Å². The Balaban J connectivity index is 1.32. The van der Waals surface area contributed by atoms with E-state index in [9.17, 15) is 0 Å². The minimum atomic E-state index is 0.411. The molecule has 0 amide bonds. The van der Waals surface area contributed by atoms with Crippen LogP contribution in [0.3, 0.4) is 0 Å². The number of piperidine rings is 2. The van der Waals surface area contributed by atoms with Crippen molar-refractivity contribution in [3.05, 3.63) is 12.1 Å². The Labute approximate surface area is 240 Å². The molecule has 0 atom stereocenters. The van der Waals surface area contributed by atoms with Crippen molar-refractivity contribution in [1.82, 2.24) is 19.8 Å². The van der Waals surface area contributed by atoms with E-state index in [2.05, 4.69) is 20.0 Å².